The van der Waals surface area contributed by atoms with Crippen LogP contribution < -0.4 is 23.7 Å². The molecule has 0 aliphatic rings. The molecule has 0 atom stereocenters. The summed E-state index contributed by atoms with van der Waals surface area (Å²) in [5.41, 5.74) is 0.852. The van der Waals surface area contributed by atoms with Gasteiger partial charge < -0.3 is 52.1 Å². The van der Waals surface area contributed by atoms with Crippen LogP contribution in [0.25, 0.3) is 18.2 Å². The van der Waals surface area contributed by atoms with E-state index in [1.165, 1.54) is 18.2 Å². The van der Waals surface area contributed by atoms with E-state index in [1.54, 1.807) is 62.8 Å². The molecule has 0 aliphatic carbocycles. The zero-order valence-electron chi connectivity index (χ0n) is 48.6. The number of esters is 6. The average Bonchev–Trinajstić information content (AvgIpc) is 3.43. The van der Waals surface area contributed by atoms with Crippen molar-refractivity contribution in [3.05, 3.63) is 95.6 Å². The van der Waals surface area contributed by atoms with Crippen molar-refractivity contribution in [3.63, 3.8) is 0 Å². The Bertz CT molecular complexity index is 2380. The Balaban J connectivity index is 0.000000585. The van der Waals surface area contributed by atoms with Crippen LogP contribution in [-0.4, -0.2) is 109 Å². The minimum absolute atomic E-state index is 0.0152. The fourth-order valence-corrected chi connectivity index (χ4v) is 5.62. The third kappa shape index (κ3) is 27.7. The van der Waals surface area contributed by atoms with Crippen molar-refractivity contribution in [1.82, 2.24) is 0 Å². The SMILES string of the molecule is CCCCOc1ccc(/C=C/C(=O)OCCOC(=O)C(C)(C)CC)cc1.CCOc1cc(/C=C/C(=O)OCCOC(=O)C(C)(C)CC)ccc1OC.CCOc1ccc(/C=C/C(=O)OCCOC(=O)C(C)(C)CC)cc1OC. The number of ether oxygens (including phenoxy) is 11. The third-order valence-corrected chi connectivity index (χ3v) is 11.8. The fraction of sp³-hybridized carbons (Fsp3) is 0.508. The standard InChI is InChI=1S/C21H30O5.2C20H28O6/c1-5-7-14-24-18-11-8-17(9-12-18)10-13-19(22)25-15-16-26-20(23)21(3,4)6-2;1-6-20(3,4)19(22)26-13-12-25-18(21)11-9-15-8-10-16(24-7-2)17(14-15)23-5;1-6-20(3,4)19(22)26-13-12-25-18(21)11-9-15-8-10-16(23-5)17(14-15)24-7-2/h8-13H,5-7,14-16H2,1-4H3;2*8-11,14H,6-7,12-13H2,1-5H3/b13-10+;2*11-9+. The molecule has 0 unspecified atom stereocenters. The highest BCUT2D eigenvalue weighted by atomic mass is 16.6. The second-order valence-corrected chi connectivity index (χ2v) is 19.1. The van der Waals surface area contributed by atoms with Crippen molar-refractivity contribution in [2.24, 2.45) is 16.2 Å². The van der Waals surface area contributed by atoms with Crippen molar-refractivity contribution >= 4 is 54.0 Å². The summed E-state index contributed by atoms with van der Waals surface area (Å²) in [6.07, 6.45) is 13.1. The molecule has 0 saturated heterocycles. The molecule has 0 heterocycles. The number of hydrogen-bond acceptors (Lipinski definition) is 17. The van der Waals surface area contributed by atoms with Gasteiger partial charge in [-0.1, -0.05) is 58.4 Å². The predicted octanol–water partition coefficient (Wildman–Crippen LogP) is 11.7. The first-order valence-electron chi connectivity index (χ1n) is 26.5. The largest absolute Gasteiger partial charge is 0.494 e. The van der Waals surface area contributed by atoms with Gasteiger partial charge in [-0.05, 0) is 152 Å². The highest BCUT2D eigenvalue weighted by Gasteiger charge is 2.28. The lowest BCUT2D eigenvalue weighted by molar-refractivity contribution is -0.158. The zero-order chi connectivity index (χ0) is 58.6. The Morgan fingerprint density at radius 1 is 0.397 bits per heavy atom. The smallest absolute Gasteiger partial charge is 0.330 e. The van der Waals surface area contributed by atoms with Gasteiger partial charge in [0.05, 0.1) is 50.3 Å². The van der Waals surface area contributed by atoms with Gasteiger partial charge in [0, 0.05) is 18.2 Å². The van der Waals surface area contributed by atoms with E-state index in [0.29, 0.717) is 62.1 Å². The normalized spacial score (nSPS) is 11.3. The molecule has 0 aromatic heterocycles. The first kappa shape index (κ1) is 68.7. The summed E-state index contributed by atoms with van der Waals surface area (Å²) in [5, 5.41) is 0. The Morgan fingerprint density at radius 2 is 0.744 bits per heavy atom. The lowest BCUT2D eigenvalue weighted by atomic mass is 9.91. The van der Waals surface area contributed by atoms with Crippen molar-refractivity contribution in [2.75, 3.05) is 73.7 Å². The van der Waals surface area contributed by atoms with Gasteiger partial charge in [0.25, 0.3) is 0 Å². The summed E-state index contributed by atoms with van der Waals surface area (Å²) in [7, 11) is 3.12. The monoisotopic (exact) mass is 1090 g/mol. The molecule has 0 amide bonds. The lowest BCUT2D eigenvalue weighted by Gasteiger charge is -2.20. The van der Waals surface area contributed by atoms with E-state index in [9.17, 15) is 28.8 Å². The Hall–Kier alpha value is -7.30. The van der Waals surface area contributed by atoms with Crippen LogP contribution in [0, 0.1) is 16.2 Å². The molecule has 0 N–H and O–H groups in total. The molecule has 3 aromatic carbocycles. The van der Waals surface area contributed by atoms with E-state index in [1.807, 2.05) is 106 Å². The van der Waals surface area contributed by atoms with Crippen molar-refractivity contribution in [3.8, 4) is 28.7 Å². The molecule has 432 valence electrons. The summed E-state index contributed by atoms with van der Waals surface area (Å²) in [5.74, 6) is 0.912. The van der Waals surface area contributed by atoms with E-state index >= 15 is 0 Å². The van der Waals surface area contributed by atoms with Gasteiger partial charge in [0.15, 0.2) is 23.0 Å². The first-order chi connectivity index (χ1) is 37.1. The van der Waals surface area contributed by atoms with Gasteiger partial charge >= 0.3 is 35.8 Å². The number of hydrogen-bond donors (Lipinski definition) is 0. The molecule has 17 heteroatoms. The first-order valence-corrected chi connectivity index (χ1v) is 26.5. The molecule has 0 spiro atoms. The summed E-state index contributed by atoms with van der Waals surface area (Å²) >= 11 is 0. The van der Waals surface area contributed by atoms with Gasteiger partial charge in [-0.2, -0.15) is 0 Å². The maximum Gasteiger partial charge on any atom is 0.330 e. The number of carbonyl (C=O) groups is 6. The average molecular weight is 1090 g/mol. The second kappa shape index (κ2) is 37.5. The number of rotatable bonds is 31. The molecule has 0 saturated carbocycles. The predicted molar refractivity (Wildman–Crippen MR) is 300 cm³/mol. The van der Waals surface area contributed by atoms with Crippen LogP contribution in [0.2, 0.25) is 0 Å². The highest BCUT2D eigenvalue weighted by Crippen LogP contribution is 2.30. The van der Waals surface area contributed by atoms with Gasteiger partial charge in [-0.3, -0.25) is 14.4 Å². The summed E-state index contributed by atoms with van der Waals surface area (Å²) in [4.78, 5) is 70.5. The van der Waals surface area contributed by atoms with Crippen LogP contribution in [0.3, 0.4) is 0 Å². The topological polar surface area (TPSA) is 204 Å². The summed E-state index contributed by atoms with van der Waals surface area (Å²) in [6.45, 7) is 24.5. The number of benzene rings is 3. The Labute approximate surface area is 462 Å². The number of methoxy groups -OCH3 is 2. The van der Waals surface area contributed by atoms with Gasteiger partial charge in [0.2, 0.25) is 0 Å². The molecular weight excluding hydrogens is 1000 g/mol. The van der Waals surface area contributed by atoms with E-state index in [-0.39, 0.29) is 57.5 Å². The van der Waals surface area contributed by atoms with Crippen LogP contribution in [0.5, 0.6) is 28.7 Å². The second-order valence-electron chi connectivity index (χ2n) is 19.1. The van der Waals surface area contributed by atoms with Crippen LogP contribution in [-0.2, 0) is 57.2 Å². The van der Waals surface area contributed by atoms with E-state index in [0.717, 1.165) is 35.3 Å². The van der Waals surface area contributed by atoms with Crippen molar-refractivity contribution < 1.29 is 80.9 Å². The van der Waals surface area contributed by atoms with E-state index in [2.05, 4.69) is 6.92 Å². The Kier molecular flexibility index (Phi) is 33.0. The molecule has 0 fully saturated rings. The van der Waals surface area contributed by atoms with Crippen molar-refractivity contribution in [2.45, 2.75) is 115 Å². The molecular formula is C61H86O17. The number of carbonyl (C=O) groups excluding carboxylic acids is 6. The van der Waals surface area contributed by atoms with Crippen LogP contribution >= 0.6 is 0 Å². The molecule has 0 radical (unpaired) electrons. The van der Waals surface area contributed by atoms with Gasteiger partial charge in [-0.25, -0.2) is 14.4 Å². The van der Waals surface area contributed by atoms with Crippen LogP contribution in [0.4, 0.5) is 0 Å². The minimum atomic E-state index is -0.531. The van der Waals surface area contributed by atoms with Gasteiger partial charge in [-0.15, -0.1) is 0 Å². The molecule has 0 bridgehead atoms. The number of unbranched alkanes of at least 4 members (excludes halogenated alkanes) is 1. The minimum Gasteiger partial charge on any atom is -0.494 e. The summed E-state index contributed by atoms with van der Waals surface area (Å²) < 4.78 is 57.4. The van der Waals surface area contributed by atoms with Gasteiger partial charge in [0.1, 0.15) is 45.4 Å². The quantitative estimate of drug-likeness (QED) is 0.0254. The van der Waals surface area contributed by atoms with E-state index < -0.39 is 34.2 Å². The molecule has 3 aromatic rings. The third-order valence-electron chi connectivity index (χ3n) is 11.8. The Morgan fingerprint density at radius 3 is 1.12 bits per heavy atom. The van der Waals surface area contributed by atoms with E-state index in [4.69, 9.17) is 52.1 Å². The van der Waals surface area contributed by atoms with Crippen LogP contribution in [0.1, 0.15) is 132 Å². The van der Waals surface area contributed by atoms with Crippen molar-refractivity contribution in [1.29, 1.82) is 0 Å². The fourth-order valence-electron chi connectivity index (χ4n) is 5.62. The highest BCUT2D eigenvalue weighted by molar-refractivity contribution is 5.88. The zero-order valence-corrected chi connectivity index (χ0v) is 48.6. The molecule has 17 nitrogen and oxygen atoms in total. The molecule has 0 aliphatic heterocycles. The lowest BCUT2D eigenvalue weighted by Crippen LogP contribution is -2.27. The molecule has 3 rings (SSSR count). The maximum absolute atomic E-state index is 11.8. The maximum atomic E-state index is 11.8. The molecule has 78 heavy (non-hydrogen) atoms. The van der Waals surface area contributed by atoms with Crippen LogP contribution in [0.15, 0.2) is 78.9 Å². The summed E-state index contributed by atoms with van der Waals surface area (Å²) in [6, 6.07) is 18.2.